The monoisotopic (exact) mass is 366 g/mol. The third-order valence-electron chi connectivity index (χ3n) is 3.18. The third kappa shape index (κ3) is 5.02. The van der Waals surface area contributed by atoms with Gasteiger partial charge in [0.05, 0.1) is 12.4 Å². The molecule has 0 radical (unpaired) electrons. The number of hydrogen-bond acceptors (Lipinski definition) is 10. The van der Waals surface area contributed by atoms with Crippen molar-refractivity contribution in [3.63, 3.8) is 0 Å². The lowest BCUT2D eigenvalue weighted by Crippen LogP contribution is -2.25. The molecule has 0 spiro atoms. The second-order valence-electron chi connectivity index (χ2n) is 4.75. The maximum Gasteiger partial charge on any atom is 0.316 e. The molecule has 2 aromatic rings. The van der Waals surface area contributed by atoms with Gasteiger partial charge in [-0.2, -0.15) is 19.6 Å². The van der Waals surface area contributed by atoms with Gasteiger partial charge in [0.15, 0.2) is 0 Å². The van der Waals surface area contributed by atoms with Crippen LogP contribution in [0.3, 0.4) is 0 Å². The van der Waals surface area contributed by atoms with Crippen LogP contribution in [-0.2, 0) is 9.53 Å². The van der Waals surface area contributed by atoms with Crippen LogP contribution in [0.5, 0.6) is 0 Å². The number of thioether (sulfide) groups is 1. The summed E-state index contributed by atoms with van der Waals surface area (Å²) in [4.78, 5) is 30.7. The van der Waals surface area contributed by atoms with Crippen molar-refractivity contribution >= 4 is 29.6 Å². The molecule has 0 aliphatic heterocycles. The number of anilines is 2. The Morgan fingerprint density at radius 2 is 2.04 bits per heavy atom. The summed E-state index contributed by atoms with van der Waals surface area (Å²) >= 11 is 1.20. The summed E-state index contributed by atoms with van der Waals surface area (Å²) < 4.78 is 6.34. The van der Waals surface area contributed by atoms with E-state index in [-0.39, 0.29) is 11.7 Å². The Kier molecular flexibility index (Phi) is 6.92. The number of nitrogens with zero attached hydrogens (tertiary/aromatic N) is 7. The molecule has 0 aliphatic carbocycles. The van der Waals surface area contributed by atoms with Gasteiger partial charge in [0.25, 0.3) is 5.95 Å². The normalized spacial score (nSPS) is 10.6. The molecule has 0 unspecified atom stereocenters. The van der Waals surface area contributed by atoms with Crippen LogP contribution in [0, 0.1) is 0 Å². The van der Waals surface area contributed by atoms with Crippen molar-refractivity contribution in [2.24, 2.45) is 0 Å². The van der Waals surface area contributed by atoms with E-state index in [1.165, 1.54) is 22.8 Å². The zero-order chi connectivity index (χ0) is 18.2. The highest BCUT2D eigenvalue weighted by Gasteiger charge is 2.14. The van der Waals surface area contributed by atoms with Crippen molar-refractivity contribution in [3.05, 3.63) is 6.33 Å². The second-order valence-corrected chi connectivity index (χ2v) is 5.69. The molecular weight excluding hydrogens is 344 g/mol. The number of carbonyl (C=O) groups excluding carboxylic acids is 1. The van der Waals surface area contributed by atoms with Gasteiger partial charge in [-0.15, -0.1) is 5.10 Å². The first-order valence-electron chi connectivity index (χ1n) is 8.00. The Morgan fingerprint density at radius 1 is 1.28 bits per heavy atom. The summed E-state index contributed by atoms with van der Waals surface area (Å²) in [6, 6.07) is 0. The van der Waals surface area contributed by atoms with E-state index in [9.17, 15) is 4.79 Å². The minimum atomic E-state index is -0.301. The molecule has 0 aliphatic rings. The van der Waals surface area contributed by atoms with Crippen LogP contribution in [-0.4, -0.2) is 68.2 Å². The first-order chi connectivity index (χ1) is 12.1. The SMILES string of the molecule is CCOC(=O)CSc1ncn(-c2nc(NC)nc(N(CC)CC)n2)n1. The molecule has 25 heavy (non-hydrogen) atoms. The van der Waals surface area contributed by atoms with Gasteiger partial charge in [0.2, 0.25) is 17.1 Å². The summed E-state index contributed by atoms with van der Waals surface area (Å²) in [5.74, 6) is 1.22. The van der Waals surface area contributed by atoms with E-state index < -0.39 is 0 Å². The van der Waals surface area contributed by atoms with Crippen LogP contribution in [0.4, 0.5) is 11.9 Å². The molecule has 0 atom stereocenters. The lowest BCUT2D eigenvalue weighted by atomic mass is 10.5. The largest absolute Gasteiger partial charge is 0.465 e. The predicted molar refractivity (Wildman–Crippen MR) is 95.2 cm³/mol. The van der Waals surface area contributed by atoms with Crippen molar-refractivity contribution in [3.8, 4) is 5.95 Å². The van der Waals surface area contributed by atoms with E-state index in [1.54, 1.807) is 14.0 Å². The van der Waals surface area contributed by atoms with Crippen LogP contribution in [0.15, 0.2) is 11.5 Å². The number of aromatic nitrogens is 6. The van der Waals surface area contributed by atoms with E-state index in [2.05, 4.69) is 30.4 Å². The fourth-order valence-corrected chi connectivity index (χ4v) is 2.55. The van der Waals surface area contributed by atoms with Gasteiger partial charge in [0.1, 0.15) is 6.33 Å². The molecule has 11 heteroatoms. The van der Waals surface area contributed by atoms with Crippen LogP contribution < -0.4 is 10.2 Å². The number of carbonyl (C=O) groups is 1. The Hall–Kier alpha value is -2.43. The Balaban J connectivity index is 2.20. The van der Waals surface area contributed by atoms with Gasteiger partial charge in [-0.25, -0.2) is 4.98 Å². The molecular formula is C14H22N8O2S. The molecule has 2 aromatic heterocycles. The van der Waals surface area contributed by atoms with Crippen LogP contribution in [0.25, 0.3) is 5.95 Å². The van der Waals surface area contributed by atoms with Crippen molar-refractivity contribution in [1.82, 2.24) is 29.7 Å². The molecule has 136 valence electrons. The summed E-state index contributed by atoms with van der Waals surface area (Å²) in [6.07, 6.45) is 1.51. The molecule has 1 N–H and O–H groups in total. The summed E-state index contributed by atoms with van der Waals surface area (Å²) in [6.45, 7) is 7.75. The maximum absolute atomic E-state index is 11.4. The van der Waals surface area contributed by atoms with Gasteiger partial charge < -0.3 is 15.0 Å². The van der Waals surface area contributed by atoms with E-state index in [1.807, 2.05) is 18.7 Å². The lowest BCUT2D eigenvalue weighted by Gasteiger charge is -2.19. The standard InChI is InChI=1S/C14H22N8O2S/c1-5-21(6-2)12-17-11(15-4)18-13(19-12)22-9-16-14(20-22)25-8-10(23)24-7-3/h9H,5-8H2,1-4H3,(H,15,17,18,19). The highest BCUT2D eigenvalue weighted by atomic mass is 32.2. The molecule has 0 saturated carbocycles. The topological polar surface area (TPSA) is 111 Å². The molecule has 0 fully saturated rings. The van der Waals surface area contributed by atoms with Crippen molar-refractivity contribution < 1.29 is 9.53 Å². The zero-order valence-corrected chi connectivity index (χ0v) is 15.6. The fourth-order valence-electron chi connectivity index (χ4n) is 1.95. The molecule has 0 aromatic carbocycles. The smallest absolute Gasteiger partial charge is 0.316 e. The van der Waals surface area contributed by atoms with Gasteiger partial charge in [-0.3, -0.25) is 4.79 Å². The van der Waals surface area contributed by atoms with Gasteiger partial charge >= 0.3 is 5.97 Å². The number of rotatable bonds is 9. The molecule has 0 saturated heterocycles. The third-order valence-corrected chi connectivity index (χ3v) is 4.01. The minimum Gasteiger partial charge on any atom is -0.465 e. The van der Waals surface area contributed by atoms with Crippen LogP contribution >= 0.6 is 11.8 Å². The maximum atomic E-state index is 11.4. The Morgan fingerprint density at radius 3 is 2.68 bits per heavy atom. The highest BCUT2D eigenvalue weighted by molar-refractivity contribution is 7.99. The zero-order valence-electron chi connectivity index (χ0n) is 14.8. The first-order valence-corrected chi connectivity index (χ1v) is 8.99. The highest BCUT2D eigenvalue weighted by Crippen LogP contribution is 2.16. The second kappa shape index (κ2) is 9.16. The van der Waals surface area contributed by atoms with Gasteiger partial charge in [-0.05, 0) is 20.8 Å². The van der Waals surface area contributed by atoms with Gasteiger partial charge in [-0.1, -0.05) is 11.8 Å². The molecule has 0 amide bonds. The summed E-state index contributed by atoms with van der Waals surface area (Å²) in [7, 11) is 1.74. The van der Waals surface area contributed by atoms with Crippen LogP contribution in [0.1, 0.15) is 20.8 Å². The molecule has 2 rings (SSSR count). The average molecular weight is 366 g/mol. The number of ether oxygens (including phenoxy) is 1. The minimum absolute atomic E-state index is 0.154. The lowest BCUT2D eigenvalue weighted by molar-refractivity contribution is -0.139. The quantitative estimate of drug-likeness (QED) is 0.509. The molecule has 0 bridgehead atoms. The van der Waals surface area contributed by atoms with Crippen molar-refractivity contribution in [1.29, 1.82) is 0 Å². The van der Waals surface area contributed by atoms with E-state index >= 15 is 0 Å². The average Bonchev–Trinajstić information content (AvgIpc) is 3.10. The Bertz CT molecular complexity index is 704. The summed E-state index contributed by atoms with van der Waals surface area (Å²) in [5, 5.41) is 7.67. The van der Waals surface area contributed by atoms with Crippen LogP contribution in [0.2, 0.25) is 0 Å². The number of hydrogen-bond donors (Lipinski definition) is 1. The first kappa shape index (κ1) is 18.9. The summed E-state index contributed by atoms with van der Waals surface area (Å²) in [5.41, 5.74) is 0. The van der Waals surface area contributed by atoms with E-state index in [0.717, 1.165) is 13.1 Å². The van der Waals surface area contributed by atoms with E-state index in [4.69, 9.17) is 4.74 Å². The fraction of sp³-hybridized carbons (Fsp3) is 0.571. The predicted octanol–water partition coefficient (Wildman–Crippen LogP) is 0.995. The molecule has 10 nitrogen and oxygen atoms in total. The number of esters is 1. The van der Waals surface area contributed by atoms with Gasteiger partial charge in [0, 0.05) is 20.1 Å². The van der Waals surface area contributed by atoms with Crippen molar-refractivity contribution in [2.45, 2.75) is 25.9 Å². The number of nitrogens with one attached hydrogen (secondary N) is 1. The Labute approximate surface area is 150 Å². The van der Waals surface area contributed by atoms with E-state index in [0.29, 0.717) is 29.6 Å². The van der Waals surface area contributed by atoms with Crippen molar-refractivity contribution in [2.75, 3.05) is 42.7 Å². The molecule has 2 heterocycles.